The number of ether oxygens (including phenoxy) is 1. The van der Waals surface area contributed by atoms with Gasteiger partial charge in [0.2, 0.25) is 11.8 Å². The fourth-order valence-corrected chi connectivity index (χ4v) is 4.32. The summed E-state index contributed by atoms with van der Waals surface area (Å²) < 4.78 is 29.3. The van der Waals surface area contributed by atoms with Crippen LogP contribution in [0.5, 0.6) is 0 Å². The average molecular weight is 402 g/mol. The van der Waals surface area contributed by atoms with E-state index < -0.39 is 27.6 Å². The van der Waals surface area contributed by atoms with Gasteiger partial charge in [0.1, 0.15) is 6.54 Å². The van der Waals surface area contributed by atoms with E-state index in [0.717, 1.165) is 0 Å². The highest BCUT2D eigenvalue weighted by Gasteiger charge is 2.31. The molecule has 1 heterocycles. The van der Waals surface area contributed by atoms with E-state index in [1.807, 2.05) is 0 Å². The maximum absolute atomic E-state index is 12.4. The molecule has 2 aromatic carbocycles. The fraction of sp³-hybridized carbons (Fsp3) is 0.211. The topological polar surface area (TPSA) is 110 Å². The number of amides is 2. The number of carbonyl (C=O) groups excluding carboxylic acids is 3. The van der Waals surface area contributed by atoms with Gasteiger partial charge in [0.15, 0.2) is 9.84 Å². The highest BCUT2D eigenvalue weighted by Crippen LogP contribution is 2.30. The van der Waals surface area contributed by atoms with Crippen LogP contribution in [-0.4, -0.2) is 45.6 Å². The Kier molecular flexibility index (Phi) is 5.46. The molecule has 0 atom stereocenters. The Morgan fingerprint density at radius 3 is 2.46 bits per heavy atom. The van der Waals surface area contributed by atoms with Crippen LogP contribution in [0.4, 0.5) is 11.4 Å². The van der Waals surface area contributed by atoms with Gasteiger partial charge in [0, 0.05) is 12.1 Å². The molecule has 0 radical (unpaired) electrons. The molecule has 146 valence electrons. The number of para-hydroxylation sites is 1. The lowest BCUT2D eigenvalue weighted by molar-refractivity contribution is -0.121. The number of hydrogen-bond donors (Lipinski definition) is 1. The zero-order valence-corrected chi connectivity index (χ0v) is 15.9. The van der Waals surface area contributed by atoms with Crippen molar-refractivity contribution >= 4 is 39.0 Å². The van der Waals surface area contributed by atoms with Crippen molar-refractivity contribution in [3.8, 4) is 0 Å². The van der Waals surface area contributed by atoms with Gasteiger partial charge in [-0.15, -0.1) is 0 Å². The summed E-state index contributed by atoms with van der Waals surface area (Å²) >= 11 is 0. The Balaban J connectivity index is 1.79. The number of benzene rings is 2. The van der Waals surface area contributed by atoms with Crippen LogP contribution in [-0.2, 0) is 24.2 Å². The number of carbonyl (C=O) groups is 3. The lowest BCUT2D eigenvalue weighted by Crippen LogP contribution is -2.37. The van der Waals surface area contributed by atoms with Crippen molar-refractivity contribution in [3.05, 3.63) is 54.1 Å². The minimum absolute atomic E-state index is 0.0380. The first-order valence-corrected chi connectivity index (χ1v) is 10.1. The fourth-order valence-electron chi connectivity index (χ4n) is 2.87. The Bertz CT molecular complexity index is 1030. The second kappa shape index (κ2) is 7.81. The van der Waals surface area contributed by atoms with Crippen molar-refractivity contribution in [3.63, 3.8) is 0 Å². The molecule has 0 bridgehead atoms. The first-order chi connectivity index (χ1) is 13.3. The quantitative estimate of drug-likeness (QED) is 0.779. The summed E-state index contributed by atoms with van der Waals surface area (Å²) in [5.74, 6) is -1.72. The predicted molar refractivity (Wildman–Crippen MR) is 102 cm³/mol. The van der Waals surface area contributed by atoms with Crippen LogP contribution in [0, 0.1) is 0 Å². The standard InChI is InChI=1S/C19H18N2O6S/c1-27-19(24)13-6-8-14(9-7-13)20-17(22)12-21-15-4-2-3-5-16(15)28(25,26)11-10-18(21)23/h2-9H,10-12H2,1H3,(H,20,22). The summed E-state index contributed by atoms with van der Waals surface area (Å²) in [6.45, 7) is -0.329. The Morgan fingerprint density at radius 2 is 1.79 bits per heavy atom. The highest BCUT2D eigenvalue weighted by atomic mass is 32.2. The zero-order valence-electron chi connectivity index (χ0n) is 15.0. The molecule has 0 fully saturated rings. The number of hydrogen-bond acceptors (Lipinski definition) is 6. The first kappa shape index (κ1) is 19.6. The van der Waals surface area contributed by atoms with Crippen molar-refractivity contribution < 1.29 is 27.5 Å². The van der Waals surface area contributed by atoms with Crippen LogP contribution < -0.4 is 10.2 Å². The van der Waals surface area contributed by atoms with Crippen LogP contribution in [0.1, 0.15) is 16.8 Å². The lowest BCUT2D eigenvalue weighted by Gasteiger charge is -2.21. The van der Waals surface area contributed by atoms with Gasteiger partial charge in [0.05, 0.1) is 29.0 Å². The number of sulfone groups is 1. The van der Waals surface area contributed by atoms with Gasteiger partial charge in [-0.1, -0.05) is 12.1 Å². The van der Waals surface area contributed by atoms with Gasteiger partial charge in [-0.2, -0.15) is 0 Å². The zero-order chi connectivity index (χ0) is 20.3. The molecule has 2 amide bonds. The molecule has 2 aromatic rings. The number of nitrogens with one attached hydrogen (secondary N) is 1. The minimum atomic E-state index is -3.59. The van der Waals surface area contributed by atoms with E-state index in [0.29, 0.717) is 11.3 Å². The second-order valence-corrected chi connectivity index (χ2v) is 8.21. The lowest BCUT2D eigenvalue weighted by atomic mass is 10.2. The van der Waals surface area contributed by atoms with Crippen molar-refractivity contribution in [1.82, 2.24) is 0 Å². The predicted octanol–water partition coefficient (Wildman–Crippen LogP) is 1.62. The van der Waals surface area contributed by atoms with E-state index in [1.54, 1.807) is 12.1 Å². The van der Waals surface area contributed by atoms with Crippen LogP contribution in [0.2, 0.25) is 0 Å². The molecule has 8 nitrogen and oxygen atoms in total. The number of methoxy groups -OCH3 is 1. The Morgan fingerprint density at radius 1 is 1.11 bits per heavy atom. The summed E-state index contributed by atoms with van der Waals surface area (Å²) in [5, 5.41) is 2.63. The molecule has 3 rings (SSSR count). The van der Waals surface area contributed by atoms with Crippen molar-refractivity contribution in [1.29, 1.82) is 0 Å². The highest BCUT2D eigenvalue weighted by molar-refractivity contribution is 7.91. The molecular weight excluding hydrogens is 384 g/mol. The number of anilines is 2. The first-order valence-electron chi connectivity index (χ1n) is 8.42. The van der Waals surface area contributed by atoms with E-state index in [2.05, 4.69) is 10.1 Å². The summed E-state index contributed by atoms with van der Waals surface area (Å²) in [6.07, 6.45) is -0.196. The third-order valence-corrected chi connectivity index (χ3v) is 6.03. The molecule has 1 aliphatic rings. The van der Waals surface area contributed by atoms with Crippen molar-refractivity contribution in [2.24, 2.45) is 0 Å². The maximum atomic E-state index is 12.4. The van der Waals surface area contributed by atoms with Gasteiger partial charge in [-0.3, -0.25) is 9.59 Å². The smallest absolute Gasteiger partial charge is 0.337 e. The van der Waals surface area contributed by atoms with Gasteiger partial charge < -0.3 is 15.0 Å². The number of esters is 1. The summed E-state index contributed by atoms with van der Waals surface area (Å²) in [5.41, 5.74) is 0.962. The van der Waals surface area contributed by atoms with E-state index >= 15 is 0 Å². The minimum Gasteiger partial charge on any atom is -0.465 e. The van der Waals surface area contributed by atoms with E-state index in [-0.39, 0.29) is 29.3 Å². The van der Waals surface area contributed by atoms with Crippen LogP contribution in [0.15, 0.2) is 53.4 Å². The van der Waals surface area contributed by atoms with E-state index in [9.17, 15) is 22.8 Å². The monoisotopic (exact) mass is 402 g/mol. The molecule has 0 spiro atoms. The molecule has 0 aromatic heterocycles. The van der Waals surface area contributed by atoms with Gasteiger partial charge in [0.25, 0.3) is 0 Å². The van der Waals surface area contributed by atoms with Crippen molar-refractivity contribution in [2.45, 2.75) is 11.3 Å². The maximum Gasteiger partial charge on any atom is 0.337 e. The third-order valence-electron chi connectivity index (χ3n) is 4.27. The summed E-state index contributed by atoms with van der Waals surface area (Å²) in [4.78, 5) is 37.5. The average Bonchev–Trinajstić information content (AvgIpc) is 2.78. The molecule has 28 heavy (non-hydrogen) atoms. The molecule has 9 heteroatoms. The second-order valence-electron chi connectivity index (χ2n) is 6.13. The molecule has 1 aliphatic heterocycles. The molecular formula is C19H18N2O6S. The number of fused-ring (bicyclic) bond motifs is 1. The molecule has 0 saturated heterocycles. The van der Waals surface area contributed by atoms with Gasteiger partial charge in [-0.05, 0) is 36.4 Å². The molecule has 0 unspecified atom stereocenters. The van der Waals surface area contributed by atoms with Crippen molar-refractivity contribution in [2.75, 3.05) is 29.6 Å². The summed E-state index contributed by atoms with van der Waals surface area (Å²) in [7, 11) is -2.32. The summed E-state index contributed by atoms with van der Waals surface area (Å²) in [6, 6.07) is 12.2. The Hall–Kier alpha value is -3.20. The van der Waals surface area contributed by atoms with Crippen LogP contribution in [0.25, 0.3) is 0 Å². The largest absolute Gasteiger partial charge is 0.465 e. The third kappa shape index (κ3) is 4.04. The molecule has 0 aliphatic carbocycles. The van der Waals surface area contributed by atoms with Crippen LogP contribution >= 0.6 is 0 Å². The number of nitrogens with zero attached hydrogens (tertiary/aromatic N) is 1. The Labute approximate surface area is 162 Å². The number of rotatable bonds is 4. The van der Waals surface area contributed by atoms with Gasteiger partial charge in [-0.25, -0.2) is 13.2 Å². The van der Waals surface area contributed by atoms with Crippen LogP contribution in [0.3, 0.4) is 0 Å². The molecule has 1 N–H and O–H groups in total. The van der Waals surface area contributed by atoms with Gasteiger partial charge >= 0.3 is 5.97 Å². The van der Waals surface area contributed by atoms with E-state index in [1.165, 1.54) is 48.4 Å². The molecule has 0 saturated carbocycles. The normalized spacial score (nSPS) is 15.3. The SMILES string of the molecule is COC(=O)c1ccc(NC(=O)CN2C(=O)CCS(=O)(=O)c3ccccc32)cc1. The van der Waals surface area contributed by atoms with E-state index in [4.69, 9.17) is 0 Å².